The molecular formula is C20H24FN5O2S. The lowest BCUT2D eigenvalue weighted by Crippen LogP contribution is -2.49. The Morgan fingerprint density at radius 1 is 1.31 bits per heavy atom. The maximum atomic E-state index is 13.0. The molecule has 1 aliphatic heterocycles. The molecule has 0 radical (unpaired) electrons. The number of piperidine rings is 1. The molecule has 0 spiro atoms. The van der Waals surface area contributed by atoms with Gasteiger partial charge in [0.2, 0.25) is 16.9 Å². The highest BCUT2D eigenvalue weighted by Gasteiger charge is 2.21. The third kappa shape index (κ3) is 6.16. The van der Waals surface area contributed by atoms with Gasteiger partial charge in [0.25, 0.3) is 0 Å². The highest BCUT2D eigenvalue weighted by atomic mass is 32.1. The van der Waals surface area contributed by atoms with Crippen LogP contribution in [0.2, 0.25) is 0 Å². The molecular weight excluding hydrogens is 393 g/mol. The van der Waals surface area contributed by atoms with Gasteiger partial charge < -0.3 is 10.6 Å². The Morgan fingerprint density at radius 3 is 2.79 bits per heavy atom. The van der Waals surface area contributed by atoms with E-state index in [2.05, 4.69) is 26.1 Å². The quantitative estimate of drug-likeness (QED) is 0.602. The van der Waals surface area contributed by atoms with E-state index in [-0.39, 0.29) is 29.7 Å². The highest BCUT2D eigenvalue weighted by molar-refractivity contribution is 7.18. The second-order valence-electron chi connectivity index (χ2n) is 6.79. The molecule has 3 N–H and O–H groups in total. The normalized spacial score (nSPS) is 17.8. The number of hydrogen-bond acceptors (Lipinski definition) is 6. The predicted molar refractivity (Wildman–Crippen MR) is 111 cm³/mol. The molecule has 0 unspecified atom stereocenters. The van der Waals surface area contributed by atoms with Crippen LogP contribution < -0.4 is 16.0 Å². The molecule has 1 fully saturated rings. The number of rotatable bonds is 7. The van der Waals surface area contributed by atoms with Gasteiger partial charge in [-0.3, -0.25) is 14.9 Å². The maximum absolute atomic E-state index is 13.0. The monoisotopic (exact) mass is 417 g/mol. The zero-order valence-electron chi connectivity index (χ0n) is 16.2. The molecule has 9 heteroatoms. The molecule has 2 aromatic rings. The van der Waals surface area contributed by atoms with E-state index >= 15 is 0 Å². The summed E-state index contributed by atoms with van der Waals surface area (Å²) in [6.07, 6.45) is 6.72. The van der Waals surface area contributed by atoms with E-state index in [1.54, 1.807) is 18.2 Å². The number of hydrogen-bond donors (Lipinski definition) is 3. The number of aromatic nitrogens is 2. The number of carbonyl (C=O) groups is 2. The van der Waals surface area contributed by atoms with Crippen molar-refractivity contribution in [1.29, 1.82) is 0 Å². The van der Waals surface area contributed by atoms with Crippen LogP contribution in [0.25, 0.3) is 10.6 Å². The molecule has 1 aromatic carbocycles. The zero-order chi connectivity index (χ0) is 20.6. The summed E-state index contributed by atoms with van der Waals surface area (Å²) in [6, 6.07) is 5.53. The molecule has 3 rings (SSSR count). The summed E-state index contributed by atoms with van der Waals surface area (Å²) < 4.78 is 13.0. The Hall–Kier alpha value is -2.65. The average molecular weight is 418 g/mol. The molecule has 154 valence electrons. The van der Waals surface area contributed by atoms with Crippen molar-refractivity contribution in [3.8, 4) is 10.6 Å². The fraction of sp³-hybridized carbons (Fsp3) is 0.400. The molecule has 0 aliphatic carbocycles. The van der Waals surface area contributed by atoms with Crippen molar-refractivity contribution in [2.24, 2.45) is 0 Å². The smallest absolute Gasteiger partial charge is 0.249 e. The van der Waals surface area contributed by atoms with Crippen molar-refractivity contribution < 1.29 is 14.0 Å². The second-order valence-corrected chi connectivity index (χ2v) is 7.77. The Morgan fingerprint density at radius 2 is 2.10 bits per heavy atom. The molecule has 1 aromatic heterocycles. The van der Waals surface area contributed by atoms with Gasteiger partial charge in [-0.15, -0.1) is 10.2 Å². The highest BCUT2D eigenvalue weighted by Crippen LogP contribution is 2.26. The molecule has 1 aliphatic rings. The average Bonchev–Trinajstić information content (AvgIpc) is 3.20. The lowest BCUT2D eigenvalue weighted by atomic mass is 10.0. The van der Waals surface area contributed by atoms with Crippen molar-refractivity contribution in [2.45, 2.75) is 44.7 Å². The first-order valence-corrected chi connectivity index (χ1v) is 10.5. The summed E-state index contributed by atoms with van der Waals surface area (Å²) in [5.74, 6) is -0.710. The predicted octanol–water partition coefficient (Wildman–Crippen LogP) is 2.88. The standard InChI is InChI=1S/C20H24FN5O2S/c1-2-15(23-18(28)16-5-3-4-12-22-16)10-11-17(27)24-20-26-25-19(29-20)13-6-8-14(21)9-7-13/h6-11,15-16,22H,2-5,12H2,1H3,(H,23,28)(H,24,26,27)/b11-10+/t15-,16-/m0/s1. The van der Waals surface area contributed by atoms with Crippen LogP contribution in [-0.4, -0.2) is 40.6 Å². The van der Waals surface area contributed by atoms with Crippen LogP contribution >= 0.6 is 11.3 Å². The lowest BCUT2D eigenvalue weighted by Gasteiger charge is -2.24. The van der Waals surface area contributed by atoms with Crippen LogP contribution in [0.5, 0.6) is 0 Å². The van der Waals surface area contributed by atoms with E-state index in [9.17, 15) is 14.0 Å². The van der Waals surface area contributed by atoms with E-state index in [1.165, 1.54) is 29.5 Å². The fourth-order valence-electron chi connectivity index (χ4n) is 2.98. The molecule has 2 atom stereocenters. The number of benzene rings is 1. The number of nitrogens with zero attached hydrogens (tertiary/aromatic N) is 2. The first kappa shape index (κ1) is 21.1. The van der Waals surface area contributed by atoms with Crippen LogP contribution in [0.1, 0.15) is 32.6 Å². The summed E-state index contributed by atoms with van der Waals surface area (Å²) in [4.78, 5) is 24.5. The maximum Gasteiger partial charge on any atom is 0.249 e. The summed E-state index contributed by atoms with van der Waals surface area (Å²) >= 11 is 1.20. The zero-order valence-corrected chi connectivity index (χ0v) is 17.0. The largest absolute Gasteiger partial charge is 0.349 e. The molecule has 2 heterocycles. The number of anilines is 1. The summed E-state index contributed by atoms with van der Waals surface area (Å²) in [5, 5.41) is 17.7. The minimum atomic E-state index is -0.352. The Bertz CT molecular complexity index is 862. The Kier molecular flexibility index (Phi) is 7.42. The molecule has 29 heavy (non-hydrogen) atoms. The molecule has 1 saturated heterocycles. The third-order valence-corrected chi connectivity index (χ3v) is 5.51. The van der Waals surface area contributed by atoms with Gasteiger partial charge in [0, 0.05) is 17.7 Å². The Balaban J connectivity index is 1.52. The SMILES string of the molecule is CC[C@@H](/C=C/C(=O)Nc1nnc(-c2ccc(F)cc2)s1)NC(=O)[C@@H]1CCCCN1. The van der Waals surface area contributed by atoms with E-state index in [0.29, 0.717) is 16.6 Å². The van der Waals surface area contributed by atoms with Crippen molar-refractivity contribution >= 4 is 28.3 Å². The summed E-state index contributed by atoms with van der Waals surface area (Å²) in [7, 11) is 0. The van der Waals surface area contributed by atoms with Crippen LogP contribution in [0.4, 0.5) is 9.52 Å². The van der Waals surface area contributed by atoms with Gasteiger partial charge in [-0.2, -0.15) is 0 Å². The second kappa shape index (κ2) is 10.2. The van der Waals surface area contributed by atoms with Crippen molar-refractivity contribution in [2.75, 3.05) is 11.9 Å². The van der Waals surface area contributed by atoms with Crippen molar-refractivity contribution in [3.63, 3.8) is 0 Å². The number of amides is 2. The first-order chi connectivity index (χ1) is 14.0. The van der Waals surface area contributed by atoms with Gasteiger partial charge >= 0.3 is 0 Å². The molecule has 7 nitrogen and oxygen atoms in total. The van der Waals surface area contributed by atoms with Gasteiger partial charge in [-0.05, 0) is 50.1 Å². The molecule has 2 amide bonds. The Labute approximate surface area is 172 Å². The van der Waals surface area contributed by atoms with Crippen LogP contribution in [0.15, 0.2) is 36.4 Å². The van der Waals surface area contributed by atoms with E-state index < -0.39 is 0 Å². The minimum absolute atomic E-state index is 0.0327. The van der Waals surface area contributed by atoms with E-state index in [1.807, 2.05) is 6.92 Å². The third-order valence-electron chi connectivity index (χ3n) is 4.62. The van der Waals surface area contributed by atoms with Gasteiger partial charge in [-0.25, -0.2) is 4.39 Å². The van der Waals surface area contributed by atoms with E-state index in [4.69, 9.17) is 0 Å². The van der Waals surface area contributed by atoms with Gasteiger partial charge in [-0.1, -0.05) is 30.8 Å². The summed E-state index contributed by atoms with van der Waals surface area (Å²) in [6.45, 7) is 2.80. The van der Waals surface area contributed by atoms with Crippen LogP contribution in [0, 0.1) is 5.82 Å². The van der Waals surface area contributed by atoms with Crippen LogP contribution in [-0.2, 0) is 9.59 Å². The molecule has 0 saturated carbocycles. The van der Waals surface area contributed by atoms with Crippen molar-refractivity contribution in [3.05, 3.63) is 42.2 Å². The van der Waals surface area contributed by atoms with E-state index in [0.717, 1.165) is 31.4 Å². The first-order valence-electron chi connectivity index (χ1n) is 9.67. The molecule has 0 bridgehead atoms. The van der Waals surface area contributed by atoms with Crippen LogP contribution in [0.3, 0.4) is 0 Å². The number of nitrogens with one attached hydrogen (secondary N) is 3. The van der Waals surface area contributed by atoms with Gasteiger partial charge in [0.1, 0.15) is 10.8 Å². The summed E-state index contributed by atoms with van der Waals surface area (Å²) in [5.41, 5.74) is 0.727. The fourth-order valence-corrected chi connectivity index (χ4v) is 3.73. The number of carbonyl (C=O) groups excluding carboxylic acids is 2. The number of halogens is 1. The van der Waals surface area contributed by atoms with Gasteiger partial charge in [0.05, 0.1) is 6.04 Å². The van der Waals surface area contributed by atoms with Gasteiger partial charge in [0.15, 0.2) is 0 Å². The topological polar surface area (TPSA) is 96.0 Å². The van der Waals surface area contributed by atoms with Crippen molar-refractivity contribution in [1.82, 2.24) is 20.8 Å². The lowest BCUT2D eigenvalue weighted by molar-refractivity contribution is -0.124. The minimum Gasteiger partial charge on any atom is -0.349 e.